The van der Waals surface area contributed by atoms with Crippen molar-refractivity contribution in [3.63, 3.8) is 0 Å². The molecule has 1 aliphatic heterocycles. The number of rotatable bonds is 6. The molecular formula is C20H27N3O4. The van der Waals surface area contributed by atoms with Crippen LogP contribution in [0.1, 0.15) is 63.2 Å². The van der Waals surface area contributed by atoms with E-state index >= 15 is 0 Å². The van der Waals surface area contributed by atoms with Crippen LogP contribution in [0.2, 0.25) is 0 Å². The van der Waals surface area contributed by atoms with E-state index in [4.69, 9.17) is 9.15 Å². The van der Waals surface area contributed by atoms with Crippen LogP contribution in [0.4, 0.5) is 0 Å². The Bertz CT molecular complexity index is 789. The number of aryl methyl sites for hydroxylation is 1. The number of esters is 1. The number of nitrogens with one attached hydrogen (secondary N) is 2. The highest BCUT2D eigenvalue weighted by molar-refractivity contribution is 6.00. The van der Waals surface area contributed by atoms with E-state index in [0.29, 0.717) is 29.1 Å². The van der Waals surface area contributed by atoms with Gasteiger partial charge in [-0.1, -0.05) is 6.42 Å². The van der Waals surface area contributed by atoms with E-state index < -0.39 is 5.97 Å². The van der Waals surface area contributed by atoms with Crippen LogP contribution in [0.25, 0.3) is 0 Å². The van der Waals surface area contributed by atoms with Crippen LogP contribution in [0.3, 0.4) is 0 Å². The number of hydrogen-bond acceptors (Lipinski definition) is 5. The third-order valence-corrected chi connectivity index (χ3v) is 5.21. The molecule has 3 rings (SSSR count). The van der Waals surface area contributed by atoms with Crippen molar-refractivity contribution >= 4 is 11.9 Å². The fourth-order valence-corrected chi connectivity index (χ4v) is 3.78. The summed E-state index contributed by atoms with van der Waals surface area (Å²) < 4.78 is 10.4. The summed E-state index contributed by atoms with van der Waals surface area (Å²) in [6.07, 6.45) is 5.21. The minimum atomic E-state index is -0.443. The third-order valence-electron chi connectivity index (χ3n) is 5.21. The van der Waals surface area contributed by atoms with Crippen LogP contribution >= 0.6 is 0 Å². The summed E-state index contributed by atoms with van der Waals surface area (Å²) in [5, 5.41) is 3.00. The average molecular weight is 373 g/mol. The minimum absolute atomic E-state index is 0.000641. The predicted molar refractivity (Wildman–Crippen MR) is 101 cm³/mol. The van der Waals surface area contributed by atoms with Crippen molar-refractivity contribution in [3.8, 4) is 0 Å². The minimum Gasteiger partial charge on any atom is -0.468 e. The zero-order chi connectivity index (χ0) is 19.4. The summed E-state index contributed by atoms with van der Waals surface area (Å²) >= 11 is 0. The van der Waals surface area contributed by atoms with E-state index in [2.05, 4.69) is 15.2 Å². The first-order valence-corrected chi connectivity index (χ1v) is 9.36. The molecule has 146 valence electrons. The predicted octanol–water partition coefficient (Wildman–Crippen LogP) is 2.97. The van der Waals surface area contributed by atoms with Crippen molar-refractivity contribution in [1.82, 2.24) is 15.2 Å². The van der Waals surface area contributed by atoms with Gasteiger partial charge in [0.1, 0.15) is 11.5 Å². The summed E-state index contributed by atoms with van der Waals surface area (Å²) in [5.41, 5.74) is 2.04. The fourth-order valence-electron chi connectivity index (χ4n) is 3.78. The number of aromatic nitrogens is 1. The summed E-state index contributed by atoms with van der Waals surface area (Å²) in [7, 11) is 1.33. The smallest absolute Gasteiger partial charge is 0.339 e. The SMILES string of the molecule is COC(=O)c1c(C)[nH]c(C(=O)NC[C@H](c2ccco2)N2CCCCC2)c1C. The second kappa shape index (κ2) is 8.43. The molecule has 0 saturated carbocycles. The van der Waals surface area contributed by atoms with Crippen molar-refractivity contribution in [2.45, 2.75) is 39.2 Å². The number of amides is 1. The first-order chi connectivity index (χ1) is 13.0. The molecule has 1 fully saturated rings. The second-order valence-corrected chi connectivity index (χ2v) is 6.95. The molecule has 2 aromatic rings. The number of carbonyl (C=O) groups is 2. The summed E-state index contributed by atoms with van der Waals surface area (Å²) in [6.45, 7) is 5.94. The molecule has 7 nitrogen and oxygen atoms in total. The number of aromatic amines is 1. The maximum absolute atomic E-state index is 12.8. The number of furan rings is 1. The van der Waals surface area contributed by atoms with Crippen LogP contribution in [-0.4, -0.2) is 48.5 Å². The number of carbonyl (C=O) groups excluding carboxylic acids is 2. The standard InChI is InChI=1S/C20H27N3O4/c1-13-17(20(25)26-3)14(2)22-18(13)19(24)21-12-15(16-8-7-11-27-16)23-9-5-4-6-10-23/h7-8,11,15,22H,4-6,9-10,12H2,1-3H3,(H,21,24)/t15-/m1/s1. The zero-order valence-corrected chi connectivity index (χ0v) is 16.1. The number of piperidine rings is 1. The van der Waals surface area contributed by atoms with Crippen LogP contribution in [0, 0.1) is 13.8 Å². The van der Waals surface area contributed by atoms with Crippen LogP contribution in [0.5, 0.6) is 0 Å². The number of likely N-dealkylation sites (tertiary alicyclic amines) is 1. The molecule has 2 N–H and O–H groups in total. The molecular weight excluding hydrogens is 346 g/mol. The Morgan fingerprint density at radius 2 is 2.04 bits per heavy atom. The molecule has 27 heavy (non-hydrogen) atoms. The number of methoxy groups -OCH3 is 1. The lowest BCUT2D eigenvalue weighted by Gasteiger charge is -2.33. The maximum Gasteiger partial charge on any atom is 0.339 e. The molecule has 0 spiro atoms. The Morgan fingerprint density at radius 1 is 1.30 bits per heavy atom. The van der Waals surface area contributed by atoms with Crippen molar-refractivity contribution in [2.75, 3.05) is 26.7 Å². The molecule has 0 bridgehead atoms. The molecule has 2 aromatic heterocycles. The van der Waals surface area contributed by atoms with Crippen molar-refractivity contribution in [2.24, 2.45) is 0 Å². The van der Waals surface area contributed by atoms with Crippen molar-refractivity contribution in [3.05, 3.63) is 46.7 Å². The van der Waals surface area contributed by atoms with Crippen LogP contribution < -0.4 is 5.32 Å². The Morgan fingerprint density at radius 3 is 2.67 bits per heavy atom. The van der Waals surface area contributed by atoms with Gasteiger partial charge in [-0.05, 0) is 57.5 Å². The van der Waals surface area contributed by atoms with E-state index in [-0.39, 0.29) is 11.9 Å². The van der Waals surface area contributed by atoms with Gasteiger partial charge in [-0.25, -0.2) is 4.79 Å². The second-order valence-electron chi connectivity index (χ2n) is 6.95. The summed E-state index contributed by atoms with van der Waals surface area (Å²) in [6, 6.07) is 3.82. The van der Waals surface area contributed by atoms with E-state index in [9.17, 15) is 9.59 Å². The first-order valence-electron chi connectivity index (χ1n) is 9.36. The van der Waals surface area contributed by atoms with Gasteiger partial charge in [0.15, 0.2) is 0 Å². The highest BCUT2D eigenvalue weighted by atomic mass is 16.5. The van der Waals surface area contributed by atoms with E-state index in [1.54, 1.807) is 20.1 Å². The molecule has 0 unspecified atom stereocenters. The van der Waals surface area contributed by atoms with Gasteiger partial charge in [-0.15, -0.1) is 0 Å². The lowest BCUT2D eigenvalue weighted by molar-refractivity contribution is 0.0599. The van der Waals surface area contributed by atoms with Crippen molar-refractivity contribution < 1.29 is 18.7 Å². The molecule has 3 heterocycles. The van der Waals surface area contributed by atoms with Gasteiger partial charge in [-0.2, -0.15) is 0 Å². The van der Waals surface area contributed by atoms with Gasteiger partial charge in [-0.3, -0.25) is 9.69 Å². The highest BCUT2D eigenvalue weighted by Crippen LogP contribution is 2.25. The quantitative estimate of drug-likeness (QED) is 0.760. The monoisotopic (exact) mass is 373 g/mol. The average Bonchev–Trinajstić information content (AvgIpc) is 3.30. The van der Waals surface area contributed by atoms with Gasteiger partial charge in [0, 0.05) is 12.2 Å². The molecule has 1 aliphatic rings. The Hall–Kier alpha value is -2.54. The zero-order valence-electron chi connectivity index (χ0n) is 16.1. The maximum atomic E-state index is 12.8. The topological polar surface area (TPSA) is 87.6 Å². The molecule has 1 atom stereocenters. The lowest BCUT2D eigenvalue weighted by Crippen LogP contribution is -2.40. The molecule has 1 amide bonds. The Labute approximate surface area is 159 Å². The molecule has 0 aliphatic carbocycles. The number of nitrogens with zero attached hydrogens (tertiary/aromatic N) is 1. The molecule has 1 saturated heterocycles. The van der Waals surface area contributed by atoms with Crippen molar-refractivity contribution in [1.29, 1.82) is 0 Å². The van der Waals surface area contributed by atoms with E-state index in [0.717, 1.165) is 31.7 Å². The van der Waals surface area contributed by atoms with E-state index in [1.807, 2.05) is 12.1 Å². The number of H-pyrrole nitrogens is 1. The number of hydrogen-bond donors (Lipinski definition) is 2. The van der Waals surface area contributed by atoms with Gasteiger partial charge in [0.05, 0.1) is 25.0 Å². The van der Waals surface area contributed by atoms with Crippen LogP contribution in [-0.2, 0) is 4.74 Å². The highest BCUT2D eigenvalue weighted by Gasteiger charge is 2.27. The first kappa shape index (κ1) is 19.2. The van der Waals surface area contributed by atoms with Gasteiger partial charge >= 0.3 is 5.97 Å². The Balaban J connectivity index is 1.74. The Kier molecular flexibility index (Phi) is 6.01. The van der Waals surface area contributed by atoms with E-state index in [1.165, 1.54) is 13.5 Å². The molecule has 0 aromatic carbocycles. The largest absolute Gasteiger partial charge is 0.468 e. The molecule has 0 radical (unpaired) electrons. The van der Waals surface area contributed by atoms with Gasteiger partial charge in [0.25, 0.3) is 5.91 Å². The van der Waals surface area contributed by atoms with Crippen LogP contribution in [0.15, 0.2) is 22.8 Å². The normalized spacial score (nSPS) is 16.1. The number of ether oxygens (including phenoxy) is 1. The molecule has 7 heteroatoms. The fraction of sp³-hybridized carbons (Fsp3) is 0.500. The van der Waals surface area contributed by atoms with Gasteiger partial charge < -0.3 is 19.5 Å². The lowest BCUT2D eigenvalue weighted by atomic mass is 10.1. The third kappa shape index (κ3) is 4.08. The van der Waals surface area contributed by atoms with Gasteiger partial charge in [0.2, 0.25) is 0 Å². The summed E-state index contributed by atoms with van der Waals surface area (Å²) in [4.78, 5) is 30.1. The summed E-state index contributed by atoms with van der Waals surface area (Å²) in [5.74, 6) is 0.174.